The van der Waals surface area contributed by atoms with Crippen molar-refractivity contribution in [3.63, 3.8) is 0 Å². The van der Waals surface area contributed by atoms with Crippen LogP contribution >= 0.6 is 0 Å². The van der Waals surface area contributed by atoms with E-state index >= 15 is 0 Å². The fraction of sp³-hybridized carbons (Fsp3) is 0.987. The molecule has 0 saturated carbocycles. The van der Waals surface area contributed by atoms with Gasteiger partial charge in [0.15, 0.2) is 0 Å². The highest BCUT2D eigenvalue weighted by Gasteiger charge is 2.41. The minimum atomic E-state index is -1.63. The Hall–Kier alpha value is 1.01. The van der Waals surface area contributed by atoms with Crippen LogP contribution in [0.3, 0.4) is 0 Å². The molecule has 0 spiro atoms. The monoisotopic (exact) mass is 1390 g/mol. The number of carbonyl (C=O) groups is 1. The van der Waals surface area contributed by atoms with E-state index in [1.165, 1.54) is 179 Å². The average molecular weight is 1390 g/mol. The molecule has 11 heteroatoms. The van der Waals surface area contributed by atoms with E-state index in [4.69, 9.17) is 0 Å². The van der Waals surface area contributed by atoms with Crippen molar-refractivity contribution in [1.82, 2.24) is 10.6 Å². The quantitative estimate of drug-likeness (QED) is 0.0462. The van der Waals surface area contributed by atoms with Gasteiger partial charge in [-0.3, -0.25) is 0 Å². The molecule has 0 aromatic heterocycles. The Morgan fingerprint density at radius 1 is 0.167 bits per heavy atom. The molecule has 0 unspecified atom stereocenters. The standard InChI is InChI=1S/C79H176N2OSi8/c1-19-47-83(48-20-2,49-21-3)67-39-73-89(74-40-68-84(50-22-4,51-23-5)52-24-6,75-41-69-85(53-25-7,54-26-8)55-27-9)65-37-45-80-79(82)81-46-38-66-90(76-42-70-86(56-28-10,57-29-11)58-30-12,77-43-71-87(59-31-13,60-32-14)61-33-15)78-44-72-88(62-34-16,63-35-17)64-36-18/h19-78H2,1-18H3,(H2,80,81,82). The molecule has 540 valence electrons. The molecular formula is C79H176N2OSi8. The average Bonchev–Trinajstić information content (AvgIpc) is 2.21. The predicted molar refractivity (Wildman–Crippen MR) is 443 cm³/mol. The molecule has 0 fully saturated rings. The fourth-order valence-electron chi connectivity index (χ4n) is 22.0. The lowest BCUT2D eigenvalue weighted by Gasteiger charge is -2.39. The van der Waals surface area contributed by atoms with Gasteiger partial charge in [-0.05, 0) is 12.8 Å². The van der Waals surface area contributed by atoms with Crippen molar-refractivity contribution < 1.29 is 4.79 Å². The first-order valence-corrected chi connectivity index (χ1v) is 65.1. The van der Waals surface area contributed by atoms with Crippen LogP contribution in [0.25, 0.3) is 0 Å². The molecule has 0 rings (SSSR count). The SMILES string of the molecule is CCC[Si](CCC)(CCC)CCC[Si](CCCNC(=O)NCCC[Si](CCC[Si](CCC)(CCC)CCC)(CCC[Si](CCC)(CCC)CCC)CCC[Si](CCC)(CCC)CCC)(CCC[Si](CCC)(CCC)CCC)CCC[Si](CCC)(CCC)CCC. The molecule has 2 N–H and O–H groups in total. The van der Waals surface area contributed by atoms with E-state index in [1.807, 2.05) is 0 Å². The number of hydrogen-bond donors (Lipinski definition) is 2. The number of rotatable bonds is 68. The fourth-order valence-corrected chi connectivity index (χ4v) is 68.2. The third kappa shape index (κ3) is 36.7. The number of carbonyl (C=O) groups excluding carboxylic acids is 1. The van der Waals surface area contributed by atoms with E-state index in [2.05, 4.69) is 135 Å². The van der Waals surface area contributed by atoms with Crippen LogP contribution in [0.2, 0.25) is 193 Å². The molecule has 0 aliphatic rings. The van der Waals surface area contributed by atoms with Gasteiger partial charge in [0.1, 0.15) is 0 Å². The Labute approximate surface area is 580 Å². The summed E-state index contributed by atoms with van der Waals surface area (Å²) in [6, 6.07) is 50.6. The second kappa shape index (κ2) is 54.9. The highest BCUT2D eigenvalue weighted by molar-refractivity contribution is 6.84. The van der Waals surface area contributed by atoms with Crippen molar-refractivity contribution in [2.24, 2.45) is 0 Å². The summed E-state index contributed by atoms with van der Waals surface area (Å²) in [5.74, 6) is 0. The van der Waals surface area contributed by atoms with Crippen LogP contribution < -0.4 is 10.6 Å². The van der Waals surface area contributed by atoms with E-state index in [0.29, 0.717) is 0 Å². The summed E-state index contributed by atoms with van der Waals surface area (Å²) in [5, 5.41) is 7.25. The van der Waals surface area contributed by atoms with Crippen LogP contribution in [-0.2, 0) is 0 Å². The van der Waals surface area contributed by atoms with Gasteiger partial charge < -0.3 is 10.6 Å². The van der Waals surface area contributed by atoms with Crippen LogP contribution in [0.5, 0.6) is 0 Å². The lowest BCUT2D eigenvalue weighted by molar-refractivity contribution is 0.241. The van der Waals surface area contributed by atoms with Crippen LogP contribution in [0.15, 0.2) is 0 Å². The Kier molecular flexibility index (Phi) is 55.5. The molecule has 0 radical (unpaired) electrons. The first-order valence-electron chi connectivity index (χ1n) is 42.5. The number of amides is 2. The van der Waals surface area contributed by atoms with Crippen molar-refractivity contribution in [3.8, 4) is 0 Å². The Bertz CT molecular complexity index is 1260. The lowest BCUT2D eigenvalue weighted by atomic mass is 10.4. The zero-order valence-electron chi connectivity index (χ0n) is 66.3. The van der Waals surface area contributed by atoms with Crippen LogP contribution in [-0.4, -0.2) is 83.7 Å². The number of nitrogens with one attached hydrogen (secondary N) is 2. The molecule has 0 aliphatic heterocycles. The molecule has 2 amide bonds. The minimum Gasteiger partial charge on any atom is -0.338 e. The number of urea groups is 1. The molecule has 0 heterocycles. The molecule has 3 nitrogen and oxygen atoms in total. The summed E-state index contributed by atoms with van der Waals surface area (Å²) in [7, 11) is -10.8. The zero-order chi connectivity index (χ0) is 67.4. The summed E-state index contributed by atoms with van der Waals surface area (Å²) in [5.41, 5.74) is 0. The van der Waals surface area contributed by atoms with Gasteiger partial charge in [0.05, 0.1) is 64.6 Å². The largest absolute Gasteiger partial charge is 0.338 e. The van der Waals surface area contributed by atoms with Crippen LogP contribution in [0, 0.1) is 0 Å². The van der Waals surface area contributed by atoms with Crippen molar-refractivity contribution in [2.75, 3.05) is 13.1 Å². The second-order valence-electron chi connectivity index (χ2n) is 33.0. The van der Waals surface area contributed by atoms with E-state index in [9.17, 15) is 4.79 Å². The van der Waals surface area contributed by atoms with Gasteiger partial charge in [-0.25, -0.2) is 4.79 Å². The van der Waals surface area contributed by atoms with E-state index < -0.39 is 64.6 Å². The van der Waals surface area contributed by atoms with Gasteiger partial charge in [0.25, 0.3) is 0 Å². The predicted octanol–water partition coefficient (Wildman–Crippen LogP) is 30.4. The van der Waals surface area contributed by atoms with Gasteiger partial charge in [-0.15, -0.1) is 0 Å². The van der Waals surface area contributed by atoms with Gasteiger partial charge in [-0.1, -0.05) is 472 Å². The van der Waals surface area contributed by atoms with Gasteiger partial charge in [0, 0.05) is 13.1 Å². The molecule has 0 aromatic carbocycles. The number of hydrogen-bond acceptors (Lipinski definition) is 1. The third-order valence-corrected chi connectivity index (χ3v) is 72.8. The molecule has 0 atom stereocenters. The maximum absolute atomic E-state index is 14.3. The molecule has 0 aliphatic carbocycles. The van der Waals surface area contributed by atoms with Crippen LogP contribution in [0.1, 0.15) is 292 Å². The van der Waals surface area contributed by atoms with E-state index in [-0.39, 0.29) is 6.03 Å². The third-order valence-electron chi connectivity index (χ3n) is 24.9. The van der Waals surface area contributed by atoms with Crippen LogP contribution in [0.4, 0.5) is 4.79 Å². The molecule has 0 aromatic rings. The van der Waals surface area contributed by atoms with Crippen molar-refractivity contribution in [1.29, 1.82) is 0 Å². The lowest BCUT2D eigenvalue weighted by Crippen LogP contribution is -2.41. The second-order valence-corrected chi connectivity index (χ2v) is 73.0. The highest BCUT2D eigenvalue weighted by Crippen LogP contribution is 2.45. The maximum atomic E-state index is 14.3. The van der Waals surface area contributed by atoms with E-state index in [0.717, 1.165) is 13.1 Å². The van der Waals surface area contributed by atoms with Gasteiger partial charge in [-0.2, -0.15) is 0 Å². The van der Waals surface area contributed by atoms with Crippen molar-refractivity contribution in [2.45, 2.75) is 485 Å². The molecule has 90 heavy (non-hydrogen) atoms. The topological polar surface area (TPSA) is 41.1 Å². The Morgan fingerprint density at radius 2 is 0.267 bits per heavy atom. The maximum Gasteiger partial charge on any atom is 0.314 e. The van der Waals surface area contributed by atoms with Crippen molar-refractivity contribution >= 4 is 70.6 Å². The Balaban J connectivity index is 7.35. The summed E-state index contributed by atoms with van der Waals surface area (Å²) in [6.45, 7) is 46.9. The first kappa shape index (κ1) is 91.0. The minimum absolute atomic E-state index is 0.159. The highest BCUT2D eigenvalue weighted by atomic mass is 28.3. The molecule has 0 saturated heterocycles. The molecule has 0 bridgehead atoms. The smallest absolute Gasteiger partial charge is 0.314 e. The zero-order valence-corrected chi connectivity index (χ0v) is 74.3. The summed E-state index contributed by atoms with van der Waals surface area (Å²) >= 11 is 0. The normalized spacial score (nSPS) is 13.3. The summed E-state index contributed by atoms with van der Waals surface area (Å²) in [6.07, 6.45) is 36.9. The Morgan fingerprint density at radius 3 is 0.378 bits per heavy atom. The summed E-state index contributed by atoms with van der Waals surface area (Å²) < 4.78 is 0. The van der Waals surface area contributed by atoms with Crippen molar-refractivity contribution in [3.05, 3.63) is 0 Å². The first-order chi connectivity index (χ1) is 43.4. The molecular weight excluding hydrogens is 1220 g/mol. The van der Waals surface area contributed by atoms with Gasteiger partial charge in [0.2, 0.25) is 0 Å². The van der Waals surface area contributed by atoms with Gasteiger partial charge >= 0.3 is 6.03 Å². The summed E-state index contributed by atoms with van der Waals surface area (Å²) in [4.78, 5) is 14.3. The van der Waals surface area contributed by atoms with E-state index in [1.54, 1.807) is 181 Å².